The Balaban J connectivity index is 2.01. The van der Waals surface area contributed by atoms with Crippen molar-refractivity contribution in [3.05, 3.63) is 32.4 Å². The lowest BCUT2D eigenvalue weighted by molar-refractivity contribution is 0.0927. The molecule has 0 atom stereocenters. The minimum Gasteiger partial charge on any atom is -0.349 e. The van der Waals surface area contributed by atoms with Crippen molar-refractivity contribution in [1.29, 1.82) is 0 Å². The van der Waals surface area contributed by atoms with Crippen LogP contribution in [-0.4, -0.2) is 16.8 Å². The topological polar surface area (TPSA) is 29.1 Å². The zero-order valence-electron chi connectivity index (χ0n) is 9.76. The van der Waals surface area contributed by atoms with Gasteiger partial charge in [-0.2, -0.15) is 0 Å². The van der Waals surface area contributed by atoms with Gasteiger partial charge in [-0.1, -0.05) is 27.5 Å². The highest BCUT2D eigenvalue weighted by molar-refractivity contribution is 14.1. The SMILES string of the molecule is O=C(NC1CCC(Br)CC1)c1cc(Cl)ccc1I. The number of halogens is 3. The van der Waals surface area contributed by atoms with Gasteiger partial charge in [0.25, 0.3) is 5.91 Å². The Bertz CT molecular complexity index is 447. The van der Waals surface area contributed by atoms with E-state index in [2.05, 4.69) is 43.8 Å². The van der Waals surface area contributed by atoms with Gasteiger partial charge < -0.3 is 5.32 Å². The molecule has 0 radical (unpaired) electrons. The summed E-state index contributed by atoms with van der Waals surface area (Å²) in [5.74, 6) is -0.0140. The molecule has 0 bridgehead atoms. The smallest absolute Gasteiger partial charge is 0.252 e. The Morgan fingerprint density at radius 1 is 1.33 bits per heavy atom. The number of hydrogen-bond acceptors (Lipinski definition) is 1. The maximum absolute atomic E-state index is 12.2. The highest BCUT2D eigenvalue weighted by Crippen LogP contribution is 2.25. The molecule has 0 heterocycles. The number of rotatable bonds is 2. The summed E-state index contributed by atoms with van der Waals surface area (Å²) in [6, 6.07) is 5.69. The van der Waals surface area contributed by atoms with E-state index in [4.69, 9.17) is 11.6 Å². The first-order valence-corrected chi connectivity index (χ1v) is 8.33. The molecule has 1 aliphatic rings. The first-order valence-electron chi connectivity index (χ1n) is 5.96. The van der Waals surface area contributed by atoms with Crippen LogP contribution in [-0.2, 0) is 0 Å². The van der Waals surface area contributed by atoms with E-state index in [-0.39, 0.29) is 5.91 Å². The number of hydrogen-bond donors (Lipinski definition) is 1. The molecule has 1 aromatic carbocycles. The second-order valence-corrected chi connectivity index (χ2v) is 7.44. The molecular weight excluding hydrogens is 428 g/mol. The van der Waals surface area contributed by atoms with Crippen molar-refractivity contribution in [3.63, 3.8) is 0 Å². The summed E-state index contributed by atoms with van der Waals surface area (Å²) in [5, 5.41) is 3.70. The highest BCUT2D eigenvalue weighted by Gasteiger charge is 2.21. The van der Waals surface area contributed by atoms with Crippen molar-refractivity contribution < 1.29 is 4.79 Å². The third-order valence-electron chi connectivity index (χ3n) is 3.16. The molecule has 0 saturated heterocycles. The third-order valence-corrected chi connectivity index (χ3v) is 5.26. The Labute approximate surface area is 134 Å². The lowest BCUT2D eigenvalue weighted by Gasteiger charge is -2.26. The van der Waals surface area contributed by atoms with E-state index in [1.54, 1.807) is 12.1 Å². The molecule has 98 valence electrons. The number of carbonyl (C=O) groups is 1. The van der Waals surface area contributed by atoms with E-state index >= 15 is 0 Å². The molecule has 5 heteroatoms. The van der Waals surface area contributed by atoms with Crippen molar-refractivity contribution in [2.75, 3.05) is 0 Å². The van der Waals surface area contributed by atoms with Crippen molar-refractivity contribution in [1.82, 2.24) is 5.32 Å². The molecule has 1 aliphatic carbocycles. The molecule has 2 nitrogen and oxygen atoms in total. The molecule has 0 aliphatic heterocycles. The molecule has 0 aromatic heterocycles. The molecule has 1 N–H and O–H groups in total. The van der Waals surface area contributed by atoms with Crippen LogP contribution in [0.1, 0.15) is 36.0 Å². The molecule has 1 saturated carbocycles. The van der Waals surface area contributed by atoms with E-state index < -0.39 is 0 Å². The quantitative estimate of drug-likeness (QED) is 0.535. The van der Waals surface area contributed by atoms with Crippen LogP contribution in [0.2, 0.25) is 5.02 Å². The first kappa shape index (κ1) is 14.6. The lowest BCUT2D eigenvalue weighted by atomic mass is 9.95. The van der Waals surface area contributed by atoms with Crippen LogP contribution in [0.25, 0.3) is 0 Å². The van der Waals surface area contributed by atoms with Crippen molar-refractivity contribution in [2.45, 2.75) is 36.6 Å². The van der Waals surface area contributed by atoms with Crippen molar-refractivity contribution in [2.24, 2.45) is 0 Å². The van der Waals surface area contributed by atoms with E-state index in [0.29, 0.717) is 21.5 Å². The Kier molecular flexibility index (Phi) is 5.33. The Morgan fingerprint density at radius 2 is 2.00 bits per heavy atom. The number of nitrogens with one attached hydrogen (secondary N) is 1. The van der Waals surface area contributed by atoms with Gasteiger partial charge in [0.05, 0.1) is 5.56 Å². The number of amides is 1. The van der Waals surface area contributed by atoms with Crippen LogP contribution < -0.4 is 5.32 Å². The fourth-order valence-electron chi connectivity index (χ4n) is 2.13. The zero-order valence-corrected chi connectivity index (χ0v) is 14.3. The first-order chi connectivity index (χ1) is 8.56. The predicted molar refractivity (Wildman–Crippen MR) is 86.6 cm³/mol. The van der Waals surface area contributed by atoms with Gasteiger partial charge in [-0.05, 0) is 66.5 Å². The summed E-state index contributed by atoms with van der Waals surface area (Å²) in [7, 11) is 0. The maximum atomic E-state index is 12.2. The lowest BCUT2D eigenvalue weighted by Crippen LogP contribution is -2.38. The predicted octanol–water partition coefficient (Wildman–Crippen LogP) is 4.38. The molecular formula is C13H14BrClINO. The second-order valence-electron chi connectivity index (χ2n) is 4.55. The molecule has 18 heavy (non-hydrogen) atoms. The molecule has 0 spiro atoms. The van der Waals surface area contributed by atoms with Crippen LogP contribution >= 0.6 is 50.1 Å². The van der Waals surface area contributed by atoms with Crippen LogP contribution in [0.15, 0.2) is 18.2 Å². The van der Waals surface area contributed by atoms with Gasteiger partial charge in [0.1, 0.15) is 0 Å². The van der Waals surface area contributed by atoms with E-state index in [9.17, 15) is 4.79 Å². The summed E-state index contributed by atoms with van der Waals surface area (Å²) in [6.07, 6.45) is 4.33. The van der Waals surface area contributed by atoms with Crippen LogP contribution in [0.4, 0.5) is 0 Å². The number of alkyl halides is 1. The van der Waals surface area contributed by atoms with E-state index in [0.717, 1.165) is 29.3 Å². The second kappa shape index (κ2) is 6.57. The Morgan fingerprint density at radius 3 is 2.67 bits per heavy atom. The van der Waals surface area contributed by atoms with Gasteiger partial charge in [-0.3, -0.25) is 4.79 Å². The largest absolute Gasteiger partial charge is 0.349 e. The summed E-state index contributed by atoms with van der Waals surface area (Å²) in [6.45, 7) is 0. The van der Waals surface area contributed by atoms with Crippen LogP contribution in [0.3, 0.4) is 0 Å². The van der Waals surface area contributed by atoms with Gasteiger partial charge in [0.15, 0.2) is 0 Å². The summed E-state index contributed by atoms with van der Waals surface area (Å²) in [5.41, 5.74) is 0.670. The standard InChI is InChI=1S/C13H14BrClINO/c14-8-1-4-10(5-2-8)17-13(18)11-7-9(15)3-6-12(11)16/h3,6-8,10H,1-2,4-5H2,(H,17,18). The minimum absolute atomic E-state index is 0.0140. The fourth-order valence-corrected chi connectivity index (χ4v) is 3.41. The molecule has 1 fully saturated rings. The monoisotopic (exact) mass is 441 g/mol. The Hall–Kier alpha value is 0.190. The van der Waals surface area contributed by atoms with Crippen LogP contribution in [0.5, 0.6) is 0 Å². The third kappa shape index (κ3) is 3.84. The summed E-state index contributed by atoms with van der Waals surface area (Å²) >= 11 is 11.7. The molecule has 1 amide bonds. The normalized spacial score (nSPS) is 23.7. The average Bonchev–Trinajstić information content (AvgIpc) is 2.35. The minimum atomic E-state index is -0.0140. The van der Waals surface area contributed by atoms with Crippen LogP contribution in [0, 0.1) is 3.57 Å². The molecule has 0 unspecified atom stereocenters. The average molecular weight is 443 g/mol. The summed E-state index contributed by atoms with van der Waals surface area (Å²) in [4.78, 5) is 12.8. The van der Waals surface area contributed by atoms with E-state index in [1.807, 2.05) is 6.07 Å². The van der Waals surface area contributed by atoms with Gasteiger partial charge in [0, 0.05) is 19.5 Å². The van der Waals surface area contributed by atoms with Gasteiger partial charge in [-0.15, -0.1) is 0 Å². The summed E-state index contributed by atoms with van der Waals surface area (Å²) < 4.78 is 0.934. The molecule has 2 rings (SSSR count). The fraction of sp³-hybridized carbons (Fsp3) is 0.462. The number of carbonyl (C=O) groups excluding carboxylic acids is 1. The van der Waals surface area contributed by atoms with Gasteiger partial charge in [0.2, 0.25) is 0 Å². The molecule has 1 aromatic rings. The van der Waals surface area contributed by atoms with Gasteiger partial charge >= 0.3 is 0 Å². The zero-order chi connectivity index (χ0) is 13.1. The van der Waals surface area contributed by atoms with Gasteiger partial charge in [-0.25, -0.2) is 0 Å². The van der Waals surface area contributed by atoms with E-state index in [1.165, 1.54) is 0 Å². The van der Waals surface area contributed by atoms with Crippen molar-refractivity contribution in [3.8, 4) is 0 Å². The van der Waals surface area contributed by atoms with Crippen molar-refractivity contribution >= 4 is 56.0 Å². The highest BCUT2D eigenvalue weighted by atomic mass is 127. The number of benzene rings is 1. The maximum Gasteiger partial charge on any atom is 0.252 e.